The summed E-state index contributed by atoms with van der Waals surface area (Å²) in [5, 5.41) is 10.7. The highest BCUT2D eigenvalue weighted by molar-refractivity contribution is 5.92. The summed E-state index contributed by atoms with van der Waals surface area (Å²) in [4.78, 5) is 28.8. The minimum atomic E-state index is -0.588. The van der Waals surface area contributed by atoms with Crippen LogP contribution < -0.4 is 5.43 Å². The van der Waals surface area contributed by atoms with Gasteiger partial charge in [-0.2, -0.15) is 0 Å². The Hall–Kier alpha value is -1.62. The van der Waals surface area contributed by atoms with Crippen molar-refractivity contribution in [1.29, 1.82) is 0 Å². The lowest BCUT2D eigenvalue weighted by atomic mass is 9.71. The largest absolute Gasteiger partial charge is 0.389 e. The van der Waals surface area contributed by atoms with E-state index in [1.807, 2.05) is 0 Å². The number of likely N-dealkylation sites (tertiary alicyclic amines) is 1. The first-order chi connectivity index (χ1) is 9.98. The van der Waals surface area contributed by atoms with E-state index in [0.29, 0.717) is 30.9 Å². The number of nitrogens with zero attached hydrogens (tertiary/aromatic N) is 1. The number of hydrogen-bond acceptors (Lipinski definition) is 3. The van der Waals surface area contributed by atoms with Gasteiger partial charge in [-0.3, -0.25) is 9.59 Å². The van der Waals surface area contributed by atoms with Gasteiger partial charge in [0, 0.05) is 36.8 Å². The summed E-state index contributed by atoms with van der Waals surface area (Å²) < 4.78 is 0. The molecule has 1 aliphatic carbocycles. The number of carbonyl (C=O) groups excluding carboxylic acids is 1. The number of H-pyrrole nitrogens is 1. The van der Waals surface area contributed by atoms with E-state index in [1.165, 1.54) is 12.1 Å². The lowest BCUT2D eigenvalue weighted by molar-refractivity contribution is -0.0886. The van der Waals surface area contributed by atoms with Crippen LogP contribution in [0.5, 0.6) is 0 Å². The number of hydrogen-bond donors (Lipinski definition) is 2. The van der Waals surface area contributed by atoms with Gasteiger partial charge >= 0.3 is 0 Å². The quantitative estimate of drug-likeness (QED) is 0.822. The van der Waals surface area contributed by atoms with E-state index in [2.05, 4.69) is 4.98 Å². The molecule has 1 aromatic heterocycles. The first kappa shape index (κ1) is 14.3. The smallest absolute Gasteiger partial charge is 0.270 e. The van der Waals surface area contributed by atoms with E-state index in [4.69, 9.17) is 0 Å². The van der Waals surface area contributed by atoms with Crippen LogP contribution in [0.3, 0.4) is 0 Å². The molecule has 0 bridgehead atoms. The van der Waals surface area contributed by atoms with Gasteiger partial charge in [-0.15, -0.1) is 0 Å². The van der Waals surface area contributed by atoms with Gasteiger partial charge in [0.25, 0.3) is 5.91 Å². The zero-order valence-electron chi connectivity index (χ0n) is 12.4. The van der Waals surface area contributed by atoms with Crippen molar-refractivity contribution in [2.75, 3.05) is 13.1 Å². The number of nitrogens with one attached hydrogen (secondary N) is 1. The van der Waals surface area contributed by atoms with Gasteiger partial charge in [0.15, 0.2) is 5.43 Å². The van der Waals surface area contributed by atoms with Crippen LogP contribution in [0.1, 0.15) is 48.3 Å². The summed E-state index contributed by atoms with van der Waals surface area (Å²) in [5.74, 6) is 0.0314. The standard InChI is InChI=1S/C16H22N2O3/c1-11-8-13(19)9-14(17-11)15(20)18-7-6-16(21)5-3-2-4-12(16)10-18/h8-9,12,21H,2-7,10H2,1H3,(H,17,19)/t12-,16-/m0/s1. The van der Waals surface area contributed by atoms with Crippen molar-refractivity contribution in [1.82, 2.24) is 9.88 Å². The molecule has 5 heteroatoms. The van der Waals surface area contributed by atoms with E-state index < -0.39 is 5.60 Å². The molecule has 0 spiro atoms. The van der Waals surface area contributed by atoms with Crippen LogP contribution in [0.2, 0.25) is 0 Å². The van der Waals surface area contributed by atoms with Crippen molar-refractivity contribution >= 4 is 5.91 Å². The molecule has 21 heavy (non-hydrogen) atoms. The Bertz CT molecular complexity index is 610. The van der Waals surface area contributed by atoms with E-state index in [-0.39, 0.29) is 17.3 Å². The number of piperidine rings is 1. The minimum absolute atomic E-state index is 0.136. The number of aliphatic hydroxyl groups is 1. The lowest BCUT2D eigenvalue weighted by Gasteiger charge is -2.47. The molecule has 1 saturated heterocycles. The SMILES string of the molecule is Cc1cc(=O)cc(C(=O)N2CC[C@@]3(O)CCCC[C@H]3C2)[nH]1. The van der Waals surface area contributed by atoms with Crippen molar-refractivity contribution < 1.29 is 9.90 Å². The zero-order chi connectivity index (χ0) is 15.0. The third-order valence-corrected chi connectivity index (χ3v) is 4.92. The van der Waals surface area contributed by atoms with Gasteiger partial charge in [0.05, 0.1) is 5.60 Å². The number of fused-ring (bicyclic) bond motifs is 1. The summed E-state index contributed by atoms with van der Waals surface area (Å²) in [6.07, 6.45) is 4.66. The molecule has 1 aromatic rings. The zero-order valence-corrected chi connectivity index (χ0v) is 12.4. The van der Waals surface area contributed by atoms with Gasteiger partial charge in [-0.05, 0) is 26.2 Å². The van der Waals surface area contributed by atoms with Crippen molar-refractivity contribution in [3.8, 4) is 0 Å². The molecular formula is C16H22N2O3. The molecule has 5 nitrogen and oxygen atoms in total. The fourth-order valence-corrected chi connectivity index (χ4v) is 3.72. The van der Waals surface area contributed by atoms with Crippen LogP contribution >= 0.6 is 0 Å². The number of carbonyl (C=O) groups is 1. The Kier molecular flexibility index (Phi) is 3.61. The van der Waals surface area contributed by atoms with Gasteiger partial charge in [-0.1, -0.05) is 12.8 Å². The van der Waals surface area contributed by atoms with Crippen LogP contribution in [0.25, 0.3) is 0 Å². The number of rotatable bonds is 1. The van der Waals surface area contributed by atoms with Crippen molar-refractivity contribution in [2.45, 2.75) is 44.6 Å². The number of aromatic nitrogens is 1. The maximum atomic E-state index is 12.6. The Balaban J connectivity index is 1.78. The number of amides is 1. The monoisotopic (exact) mass is 290 g/mol. The van der Waals surface area contributed by atoms with Crippen molar-refractivity contribution in [3.05, 3.63) is 33.7 Å². The van der Waals surface area contributed by atoms with Crippen LogP contribution in [0.15, 0.2) is 16.9 Å². The average molecular weight is 290 g/mol. The molecule has 0 unspecified atom stereocenters. The molecule has 2 fully saturated rings. The maximum absolute atomic E-state index is 12.6. The highest BCUT2D eigenvalue weighted by Crippen LogP contribution is 2.39. The van der Waals surface area contributed by atoms with Gasteiger partial charge < -0.3 is 15.0 Å². The van der Waals surface area contributed by atoms with Crippen LogP contribution in [0, 0.1) is 12.8 Å². The van der Waals surface area contributed by atoms with Gasteiger partial charge in [-0.25, -0.2) is 0 Å². The molecule has 0 radical (unpaired) electrons. The van der Waals surface area contributed by atoms with E-state index in [1.54, 1.807) is 11.8 Å². The van der Waals surface area contributed by atoms with Crippen molar-refractivity contribution in [3.63, 3.8) is 0 Å². The minimum Gasteiger partial charge on any atom is -0.389 e. The topological polar surface area (TPSA) is 73.4 Å². The van der Waals surface area contributed by atoms with Crippen molar-refractivity contribution in [2.24, 2.45) is 5.92 Å². The predicted octanol–water partition coefficient (Wildman–Crippen LogP) is 1.45. The summed E-state index contributed by atoms with van der Waals surface area (Å²) >= 11 is 0. The molecule has 1 amide bonds. The molecule has 2 N–H and O–H groups in total. The highest BCUT2D eigenvalue weighted by Gasteiger charge is 2.43. The second kappa shape index (κ2) is 5.30. The molecule has 1 aliphatic heterocycles. The van der Waals surface area contributed by atoms with E-state index >= 15 is 0 Å². The van der Waals surface area contributed by atoms with Gasteiger partial charge in [0.2, 0.25) is 0 Å². The summed E-state index contributed by atoms with van der Waals surface area (Å²) in [6, 6.07) is 2.84. The number of aromatic amines is 1. The molecule has 2 heterocycles. The first-order valence-corrected chi connectivity index (χ1v) is 7.70. The fraction of sp³-hybridized carbons (Fsp3) is 0.625. The Labute approximate surface area is 124 Å². The molecule has 2 aliphatic rings. The maximum Gasteiger partial charge on any atom is 0.270 e. The van der Waals surface area contributed by atoms with Crippen LogP contribution in [-0.4, -0.2) is 39.6 Å². The summed E-state index contributed by atoms with van der Waals surface area (Å²) in [7, 11) is 0. The highest BCUT2D eigenvalue weighted by atomic mass is 16.3. The third kappa shape index (κ3) is 2.75. The normalized spacial score (nSPS) is 29.0. The summed E-state index contributed by atoms with van der Waals surface area (Å²) in [6.45, 7) is 2.92. The molecule has 1 saturated carbocycles. The third-order valence-electron chi connectivity index (χ3n) is 4.92. The van der Waals surface area contributed by atoms with Gasteiger partial charge in [0.1, 0.15) is 5.69 Å². The molecule has 3 rings (SSSR count). The number of aryl methyl sites for hydroxylation is 1. The van der Waals surface area contributed by atoms with Crippen LogP contribution in [-0.2, 0) is 0 Å². The van der Waals surface area contributed by atoms with E-state index in [9.17, 15) is 14.7 Å². The second-order valence-corrected chi connectivity index (χ2v) is 6.46. The lowest BCUT2D eigenvalue weighted by Crippen LogP contribution is -2.54. The second-order valence-electron chi connectivity index (χ2n) is 6.46. The Morgan fingerprint density at radius 3 is 2.95 bits per heavy atom. The Morgan fingerprint density at radius 2 is 2.19 bits per heavy atom. The van der Waals surface area contributed by atoms with Crippen LogP contribution in [0.4, 0.5) is 0 Å². The fourth-order valence-electron chi connectivity index (χ4n) is 3.72. The molecule has 114 valence electrons. The molecule has 2 atom stereocenters. The van der Waals surface area contributed by atoms with E-state index in [0.717, 1.165) is 25.7 Å². The summed E-state index contributed by atoms with van der Waals surface area (Å²) in [5.41, 5.74) is 0.300. The molecule has 0 aromatic carbocycles. The average Bonchev–Trinajstić information content (AvgIpc) is 2.44. The molecular weight excluding hydrogens is 268 g/mol. The first-order valence-electron chi connectivity index (χ1n) is 7.70. The number of pyridine rings is 1. The predicted molar refractivity (Wildman–Crippen MR) is 79.2 cm³/mol. The Morgan fingerprint density at radius 1 is 1.38 bits per heavy atom.